The average Bonchev–Trinajstić information content (AvgIpc) is 2.96. The molecular formula is C13H14N4O2S. The van der Waals surface area contributed by atoms with E-state index in [-0.39, 0.29) is 5.03 Å². The molecule has 0 spiro atoms. The Hall–Kier alpha value is -2.33. The zero-order valence-corrected chi connectivity index (χ0v) is 12.0. The zero-order chi connectivity index (χ0) is 14.8. The van der Waals surface area contributed by atoms with Crippen LogP contribution in [0.1, 0.15) is 18.3 Å². The molecule has 0 aliphatic heterocycles. The lowest BCUT2D eigenvalue weighted by molar-refractivity contribution is 0.591. The van der Waals surface area contributed by atoms with E-state index in [1.807, 2.05) is 13.0 Å². The lowest BCUT2D eigenvalue weighted by Gasteiger charge is -2.18. The lowest BCUT2D eigenvalue weighted by Crippen LogP contribution is -2.26. The molecule has 0 unspecified atom stereocenters. The molecule has 104 valence electrons. The van der Waals surface area contributed by atoms with Gasteiger partial charge in [0.25, 0.3) is 10.0 Å². The molecule has 0 fully saturated rings. The van der Waals surface area contributed by atoms with E-state index in [1.54, 1.807) is 18.2 Å². The minimum Gasteiger partial charge on any atom is -0.332 e. The van der Waals surface area contributed by atoms with Gasteiger partial charge in [-0.1, -0.05) is 13.0 Å². The molecule has 7 heteroatoms. The van der Waals surface area contributed by atoms with Gasteiger partial charge >= 0.3 is 0 Å². The quantitative estimate of drug-likeness (QED) is 0.927. The maximum Gasteiger partial charge on any atom is 0.281 e. The number of nitriles is 1. The second-order valence-electron chi connectivity index (χ2n) is 4.18. The summed E-state index contributed by atoms with van der Waals surface area (Å²) in [4.78, 5) is 6.77. The molecule has 0 saturated heterocycles. The second kappa shape index (κ2) is 5.35. The Labute approximate surface area is 117 Å². The number of nitrogens with zero attached hydrogens (tertiary/aromatic N) is 3. The molecule has 1 N–H and O–H groups in total. The molecule has 0 aliphatic carbocycles. The third kappa shape index (κ3) is 2.51. The molecule has 0 atom stereocenters. The van der Waals surface area contributed by atoms with E-state index in [4.69, 9.17) is 5.26 Å². The summed E-state index contributed by atoms with van der Waals surface area (Å²) in [6.45, 7) is 1.88. The van der Waals surface area contributed by atoms with Crippen LogP contribution in [0.25, 0.3) is 0 Å². The van der Waals surface area contributed by atoms with Crippen LogP contribution in [0.2, 0.25) is 0 Å². The molecule has 2 rings (SSSR count). The number of hydrogen-bond acceptors (Lipinski definition) is 4. The Morgan fingerprint density at radius 2 is 2.20 bits per heavy atom. The Morgan fingerprint density at radius 1 is 1.45 bits per heavy atom. The molecular weight excluding hydrogens is 276 g/mol. The Morgan fingerprint density at radius 3 is 2.80 bits per heavy atom. The predicted octanol–water partition coefficient (Wildman–Crippen LogP) is 1.67. The number of aromatic amines is 1. The highest BCUT2D eigenvalue weighted by Crippen LogP contribution is 2.21. The Kier molecular flexibility index (Phi) is 3.77. The maximum absolute atomic E-state index is 12.4. The summed E-state index contributed by atoms with van der Waals surface area (Å²) >= 11 is 0. The SMILES string of the molecule is CCc1ncc(S(=O)(=O)N(C)c2cccc(C#N)c2)[nH]1. The van der Waals surface area contributed by atoms with Crippen molar-refractivity contribution in [1.82, 2.24) is 9.97 Å². The number of anilines is 1. The van der Waals surface area contributed by atoms with E-state index in [0.717, 1.165) is 4.31 Å². The van der Waals surface area contributed by atoms with Crippen LogP contribution in [-0.4, -0.2) is 25.4 Å². The molecule has 2 aromatic rings. The van der Waals surface area contributed by atoms with E-state index >= 15 is 0 Å². The topological polar surface area (TPSA) is 89.8 Å². The third-order valence-corrected chi connectivity index (χ3v) is 4.61. The molecule has 0 bridgehead atoms. The van der Waals surface area contributed by atoms with E-state index < -0.39 is 10.0 Å². The third-order valence-electron chi connectivity index (χ3n) is 2.92. The molecule has 0 saturated carbocycles. The van der Waals surface area contributed by atoms with Crippen LogP contribution >= 0.6 is 0 Å². The summed E-state index contributed by atoms with van der Waals surface area (Å²) < 4.78 is 26.0. The van der Waals surface area contributed by atoms with Crippen molar-refractivity contribution in [1.29, 1.82) is 5.26 Å². The van der Waals surface area contributed by atoms with Gasteiger partial charge in [0.1, 0.15) is 5.82 Å². The average molecular weight is 290 g/mol. The fourth-order valence-electron chi connectivity index (χ4n) is 1.71. The minimum absolute atomic E-state index is 0.0409. The monoisotopic (exact) mass is 290 g/mol. The van der Waals surface area contributed by atoms with Crippen LogP contribution in [0.4, 0.5) is 5.69 Å². The number of aryl methyl sites for hydroxylation is 1. The van der Waals surface area contributed by atoms with Gasteiger partial charge in [-0.25, -0.2) is 4.98 Å². The first-order valence-electron chi connectivity index (χ1n) is 6.02. The molecule has 1 aromatic heterocycles. The highest BCUT2D eigenvalue weighted by atomic mass is 32.2. The summed E-state index contributed by atoms with van der Waals surface area (Å²) in [6.07, 6.45) is 1.93. The van der Waals surface area contributed by atoms with Crippen LogP contribution in [-0.2, 0) is 16.4 Å². The summed E-state index contributed by atoms with van der Waals surface area (Å²) in [5.74, 6) is 0.614. The molecule has 6 nitrogen and oxygen atoms in total. The zero-order valence-electron chi connectivity index (χ0n) is 11.2. The van der Waals surface area contributed by atoms with Crippen molar-refractivity contribution in [2.24, 2.45) is 0 Å². The van der Waals surface area contributed by atoms with Gasteiger partial charge in [0, 0.05) is 13.5 Å². The van der Waals surface area contributed by atoms with Crippen molar-refractivity contribution >= 4 is 15.7 Å². The smallest absolute Gasteiger partial charge is 0.281 e. The number of nitrogens with one attached hydrogen (secondary N) is 1. The minimum atomic E-state index is -3.70. The Balaban J connectivity index is 2.40. The summed E-state index contributed by atoms with van der Waals surface area (Å²) in [7, 11) is -2.26. The summed E-state index contributed by atoms with van der Waals surface area (Å²) in [6, 6.07) is 8.41. The number of hydrogen-bond donors (Lipinski definition) is 1. The van der Waals surface area contributed by atoms with E-state index in [9.17, 15) is 8.42 Å². The normalized spacial score (nSPS) is 11.1. The fourth-order valence-corrected chi connectivity index (χ4v) is 2.83. The van der Waals surface area contributed by atoms with Crippen LogP contribution in [0, 0.1) is 11.3 Å². The molecule has 20 heavy (non-hydrogen) atoms. The Bertz CT molecular complexity index is 759. The number of benzene rings is 1. The molecule has 0 aliphatic rings. The number of rotatable bonds is 4. The van der Waals surface area contributed by atoms with E-state index in [0.29, 0.717) is 23.5 Å². The molecule has 1 heterocycles. The summed E-state index contributed by atoms with van der Waals surface area (Å²) in [5, 5.41) is 8.91. The van der Waals surface area contributed by atoms with Crippen molar-refractivity contribution < 1.29 is 8.42 Å². The van der Waals surface area contributed by atoms with Crippen LogP contribution in [0.5, 0.6) is 0 Å². The largest absolute Gasteiger partial charge is 0.332 e. The second-order valence-corrected chi connectivity index (χ2v) is 6.12. The van der Waals surface area contributed by atoms with Crippen LogP contribution in [0.15, 0.2) is 35.5 Å². The first-order valence-corrected chi connectivity index (χ1v) is 7.46. The molecule has 0 amide bonds. The van der Waals surface area contributed by atoms with Gasteiger partial charge in [0.2, 0.25) is 0 Å². The van der Waals surface area contributed by atoms with E-state index in [2.05, 4.69) is 9.97 Å². The number of aromatic nitrogens is 2. The first-order chi connectivity index (χ1) is 9.48. The summed E-state index contributed by atoms with van der Waals surface area (Å²) in [5.41, 5.74) is 0.833. The van der Waals surface area contributed by atoms with Crippen molar-refractivity contribution in [2.45, 2.75) is 18.4 Å². The highest BCUT2D eigenvalue weighted by Gasteiger charge is 2.23. The maximum atomic E-state index is 12.4. The van der Waals surface area contributed by atoms with Gasteiger partial charge in [-0.3, -0.25) is 4.31 Å². The van der Waals surface area contributed by atoms with Gasteiger partial charge in [0.15, 0.2) is 5.03 Å². The van der Waals surface area contributed by atoms with Gasteiger partial charge in [-0.15, -0.1) is 0 Å². The van der Waals surface area contributed by atoms with Crippen molar-refractivity contribution in [3.63, 3.8) is 0 Å². The van der Waals surface area contributed by atoms with Crippen molar-refractivity contribution in [3.8, 4) is 6.07 Å². The number of imidazole rings is 1. The van der Waals surface area contributed by atoms with Crippen LogP contribution in [0.3, 0.4) is 0 Å². The lowest BCUT2D eigenvalue weighted by atomic mass is 10.2. The number of H-pyrrole nitrogens is 1. The first kappa shape index (κ1) is 14.1. The van der Waals surface area contributed by atoms with Crippen LogP contribution < -0.4 is 4.31 Å². The number of sulfonamides is 1. The molecule has 1 aromatic carbocycles. The van der Waals surface area contributed by atoms with Crippen molar-refractivity contribution in [2.75, 3.05) is 11.4 Å². The van der Waals surface area contributed by atoms with E-state index in [1.165, 1.54) is 19.3 Å². The molecule has 0 radical (unpaired) electrons. The highest BCUT2D eigenvalue weighted by molar-refractivity contribution is 7.92. The standard InChI is InChI=1S/C13H14N4O2S/c1-3-12-15-9-13(16-12)20(18,19)17(2)11-6-4-5-10(7-11)8-14/h4-7,9H,3H2,1-2H3,(H,15,16). The van der Waals surface area contributed by atoms with Gasteiger partial charge in [-0.2, -0.15) is 13.7 Å². The fraction of sp³-hybridized carbons (Fsp3) is 0.231. The van der Waals surface area contributed by atoms with Gasteiger partial charge in [-0.05, 0) is 18.2 Å². The van der Waals surface area contributed by atoms with Gasteiger partial charge < -0.3 is 4.98 Å². The van der Waals surface area contributed by atoms with Crippen molar-refractivity contribution in [3.05, 3.63) is 41.9 Å². The van der Waals surface area contributed by atoms with Gasteiger partial charge in [0.05, 0.1) is 23.5 Å². The predicted molar refractivity (Wildman–Crippen MR) is 74.7 cm³/mol.